The fourth-order valence-corrected chi connectivity index (χ4v) is 3.57. The van der Waals surface area contributed by atoms with Crippen molar-refractivity contribution in [2.75, 3.05) is 5.73 Å². The summed E-state index contributed by atoms with van der Waals surface area (Å²) in [6.07, 6.45) is 1.42. The molecule has 3 aromatic heterocycles. The number of aromatic amines is 1. The molecule has 0 bridgehead atoms. The number of anilines is 1. The number of aromatic nitrogens is 4. The SMILES string of the molecule is CC(Oc1nc(-c2cccc(Cl)c2)c2c(N)csc2n1)c1ccn[nH]1. The predicted molar refractivity (Wildman–Crippen MR) is 99.9 cm³/mol. The van der Waals surface area contributed by atoms with Crippen molar-refractivity contribution in [3.63, 3.8) is 0 Å². The number of nitrogens with zero attached hydrogens (tertiary/aromatic N) is 3. The number of nitrogens with two attached hydrogens (primary N) is 1. The Kier molecular flexibility index (Phi) is 4.03. The van der Waals surface area contributed by atoms with Crippen LogP contribution in [0, 0.1) is 0 Å². The number of hydrogen-bond acceptors (Lipinski definition) is 6. The van der Waals surface area contributed by atoms with Crippen molar-refractivity contribution in [2.45, 2.75) is 13.0 Å². The van der Waals surface area contributed by atoms with Gasteiger partial charge in [-0.25, -0.2) is 0 Å². The van der Waals surface area contributed by atoms with E-state index in [0.717, 1.165) is 21.5 Å². The smallest absolute Gasteiger partial charge is 0.319 e. The van der Waals surface area contributed by atoms with Crippen molar-refractivity contribution in [1.82, 2.24) is 20.2 Å². The molecule has 1 unspecified atom stereocenters. The molecule has 0 aliphatic carbocycles. The molecule has 3 N–H and O–H groups in total. The molecule has 25 heavy (non-hydrogen) atoms. The van der Waals surface area contributed by atoms with Gasteiger partial charge in [0.1, 0.15) is 10.9 Å². The normalized spacial score (nSPS) is 12.4. The molecule has 0 fully saturated rings. The van der Waals surface area contributed by atoms with Gasteiger partial charge in [0.15, 0.2) is 0 Å². The van der Waals surface area contributed by atoms with Crippen molar-refractivity contribution < 1.29 is 4.74 Å². The molecule has 0 saturated carbocycles. The van der Waals surface area contributed by atoms with Crippen LogP contribution in [0.4, 0.5) is 5.69 Å². The monoisotopic (exact) mass is 371 g/mol. The summed E-state index contributed by atoms with van der Waals surface area (Å²) in [5.74, 6) is 0. The van der Waals surface area contributed by atoms with Gasteiger partial charge in [0, 0.05) is 22.2 Å². The van der Waals surface area contributed by atoms with Crippen LogP contribution in [-0.2, 0) is 0 Å². The van der Waals surface area contributed by atoms with Gasteiger partial charge >= 0.3 is 6.01 Å². The van der Waals surface area contributed by atoms with Gasteiger partial charge in [0.05, 0.1) is 22.5 Å². The Morgan fingerprint density at radius 2 is 2.16 bits per heavy atom. The van der Waals surface area contributed by atoms with E-state index < -0.39 is 0 Å². The molecule has 0 radical (unpaired) electrons. The topological polar surface area (TPSA) is 89.7 Å². The molecule has 0 saturated heterocycles. The Bertz CT molecular complexity index is 1030. The van der Waals surface area contributed by atoms with Crippen LogP contribution in [0.25, 0.3) is 21.5 Å². The van der Waals surface area contributed by atoms with Crippen molar-refractivity contribution in [2.24, 2.45) is 0 Å². The maximum atomic E-state index is 6.14. The number of halogens is 1. The summed E-state index contributed by atoms with van der Waals surface area (Å²) in [4.78, 5) is 9.86. The fraction of sp³-hybridized carbons (Fsp3) is 0.118. The van der Waals surface area contributed by atoms with E-state index >= 15 is 0 Å². The van der Waals surface area contributed by atoms with E-state index in [-0.39, 0.29) is 12.1 Å². The zero-order valence-corrected chi connectivity index (χ0v) is 14.8. The Hall–Kier alpha value is -2.64. The maximum absolute atomic E-state index is 6.14. The molecule has 0 aliphatic heterocycles. The Morgan fingerprint density at radius 3 is 2.92 bits per heavy atom. The number of thiophene rings is 1. The largest absolute Gasteiger partial charge is 0.454 e. The number of nitrogen functional groups attached to an aromatic ring is 1. The Labute approximate surface area is 152 Å². The number of fused-ring (bicyclic) bond motifs is 1. The molecule has 4 aromatic rings. The molecule has 0 aliphatic rings. The lowest BCUT2D eigenvalue weighted by molar-refractivity contribution is 0.204. The lowest BCUT2D eigenvalue weighted by atomic mass is 10.1. The number of rotatable bonds is 4. The highest BCUT2D eigenvalue weighted by Gasteiger charge is 2.17. The van der Waals surface area contributed by atoms with Gasteiger partial charge in [-0.2, -0.15) is 15.1 Å². The van der Waals surface area contributed by atoms with Crippen LogP contribution >= 0.6 is 22.9 Å². The third-order valence-electron chi connectivity index (χ3n) is 3.78. The first-order chi connectivity index (χ1) is 12.1. The van der Waals surface area contributed by atoms with Crippen molar-refractivity contribution in [1.29, 1.82) is 0 Å². The summed E-state index contributed by atoms with van der Waals surface area (Å²) >= 11 is 7.59. The highest BCUT2D eigenvalue weighted by Crippen LogP contribution is 2.37. The fourth-order valence-electron chi connectivity index (χ4n) is 2.56. The number of ether oxygens (including phenoxy) is 1. The molecule has 0 spiro atoms. The summed E-state index contributed by atoms with van der Waals surface area (Å²) in [6.45, 7) is 1.91. The minimum atomic E-state index is -0.260. The van der Waals surface area contributed by atoms with Gasteiger partial charge in [-0.05, 0) is 25.1 Å². The van der Waals surface area contributed by atoms with E-state index in [9.17, 15) is 0 Å². The van der Waals surface area contributed by atoms with Gasteiger partial charge in [0.2, 0.25) is 0 Å². The minimum Gasteiger partial charge on any atom is -0.454 e. The standard InChI is InChI=1S/C17H14ClN5OS/c1-9(13-5-6-20-23-13)24-17-21-15(10-3-2-4-11(18)7-10)14-12(19)8-25-16(14)22-17/h2-9H,19H2,1H3,(H,20,23). The minimum absolute atomic E-state index is 0.260. The summed E-state index contributed by atoms with van der Waals surface area (Å²) in [6, 6.07) is 9.62. The summed E-state index contributed by atoms with van der Waals surface area (Å²) in [7, 11) is 0. The van der Waals surface area contributed by atoms with Crippen LogP contribution in [0.15, 0.2) is 41.9 Å². The van der Waals surface area contributed by atoms with E-state index in [0.29, 0.717) is 16.4 Å². The molecule has 6 nitrogen and oxygen atoms in total. The van der Waals surface area contributed by atoms with Crippen LogP contribution in [0.3, 0.4) is 0 Å². The van der Waals surface area contributed by atoms with Gasteiger partial charge in [-0.3, -0.25) is 5.10 Å². The summed E-state index contributed by atoms with van der Waals surface area (Å²) < 4.78 is 5.91. The maximum Gasteiger partial charge on any atom is 0.319 e. The molecule has 8 heteroatoms. The van der Waals surface area contributed by atoms with Gasteiger partial charge in [0.25, 0.3) is 0 Å². The van der Waals surface area contributed by atoms with Crippen LogP contribution in [0.2, 0.25) is 5.02 Å². The molecule has 0 amide bonds. The summed E-state index contributed by atoms with van der Waals surface area (Å²) in [5, 5.41) is 10.1. The zero-order chi connectivity index (χ0) is 17.4. The lowest BCUT2D eigenvalue weighted by Gasteiger charge is -2.13. The number of benzene rings is 1. The van der Waals surface area contributed by atoms with Crippen LogP contribution in [0.5, 0.6) is 6.01 Å². The first-order valence-corrected chi connectivity index (χ1v) is 8.84. The second kappa shape index (κ2) is 6.34. The molecule has 1 aromatic carbocycles. The molecule has 4 rings (SSSR count). The highest BCUT2D eigenvalue weighted by molar-refractivity contribution is 7.17. The Morgan fingerprint density at radius 1 is 1.28 bits per heavy atom. The Balaban J connectivity index is 1.82. The molecular weight excluding hydrogens is 358 g/mol. The van der Waals surface area contributed by atoms with Crippen molar-refractivity contribution in [3.8, 4) is 17.3 Å². The second-order valence-corrected chi connectivity index (χ2v) is 6.80. The first-order valence-electron chi connectivity index (χ1n) is 7.58. The number of H-pyrrole nitrogens is 1. The molecule has 126 valence electrons. The first kappa shape index (κ1) is 15.9. The predicted octanol–water partition coefficient (Wildman–Crippen LogP) is 4.46. The third kappa shape index (κ3) is 3.04. The van der Waals surface area contributed by atoms with E-state index in [1.165, 1.54) is 11.3 Å². The average Bonchev–Trinajstić information content (AvgIpc) is 3.25. The second-order valence-electron chi connectivity index (χ2n) is 5.51. The molecule has 3 heterocycles. The lowest BCUT2D eigenvalue weighted by Crippen LogP contribution is -2.07. The summed E-state index contributed by atoms with van der Waals surface area (Å²) in [5.41, 5.74) is 9.18. The number of nitrogens with one attached hydrogen (secondary N) is 1. The average molecular weight is 372 g/mol. The third-order valence-corrected chi connectivity index (χ3v) is 4.91. The van der Waals surface area contributed by atoms with Crippen LogP contribution < -0.4 is 10.5 Å². The van der Waals surface area contributed by atoms with Crippen molar-refractivity contribution >= 4 is 38.8 Å². The highest BCUT2D eigenvalue weighted by atomic mass is 35.5. The van der Waals surface area contributed by atoms with E-state index in [4.69, 9.17) is 22.1 Å². The van der Waals surface area contributed by atoms with Crippen LogP contribution in [0.1, 0.15) is 18.7 Å². The molecular formula is C17H14ClN5OS. The molecule has 1 atom stereocenters. The zero-order valence-electron chi connectivity index (χ0n) is 13.2. The van der Waals surface area contributed by atoms with E-state index in [1.54, 1.807) is 6.20 Å². The van der Waals surface area contributed by atoms with E-state index in [1.807, 2.05) is 42.6 Å². The van der Waals surface area contributed by atoms with Gasteiger partial charge < -0.3 is 10.5 Å². The number of hydrogen-bond donors (Lipinski definition) is 2. The van der Waals surface area contributed by atoms with Crippen LogP contribution in [-0.4, -0.2) is 20.2 Å². The van der Waals surface area contributed by atoms with Gasteiger partial charge in [-0.1, -0.05) is 23.7 Å². The van der Waals surface area contributed by atoms with E-state index in [2.05, 4.69) is 20.2 Å². The van der Waals surface area contributed by atoms with Gasteiger partial charge in [-0.15, -0.1) is 11.3 Å². The van der Waals surface area contributed by atoms with Crippen molar-refractivity contribution in [3.05, 3.63) is 52.6 Å². The quantitative estimate of drug-likeness (QED) is 0.552.